The highest BCUT2D eigenvalue weighted by molar-refractivity contribution is 7.09. The van der Waals surface area contributed by atoms with Gasteiger partial charge in [0, 0.05) is 17.5 Å². The largest absolute Gasteiger partial charge is 0.490 e. The fourth-order valence-electron chi connectivity index (χ4n) is 3.05. The Morgan fingerprint density at radius 3 is 2.48 bits per heavy atom. The monoisotopic (exact) mass is 439 g/mol. The lowest BCUT2D eigenvalue weighted by molar-refractivity contribution is 0.102. The second-order valence-corrected chi connectivity index (χ2v) is 8.06. The van der Waals surface area contributed by atoms with Crippen molar-refractivity contribution in [3.8, 4) is 11.5 Å². The van der Waals surface area contributed by atoms with E-state index in [0.29, 0.717) is 36.0 Å². The molecule has 0 unspecified atom stereocenters. The van der Waals surface area contributed by atoms with Crippen LogP contribution >= 0.6 is 11.3 Å². The van der Waals surface area contributed by atoms with Crippen molar-refractivity contribution < 1.29 is 14.3 Å². The summed E-state index contributed by atoms with van der Waals surface area (Å²) in [6.07, 6.45) is 0. The third-order valence-corrected chi connectivity index (χ3v) is 5.69. The number of nitrogens with zero attached hydrogens (tertiary/aromatic N) is 2. The summed E-state index contributed by atoms with van der Waals surface area (Å²) in [4.78, 5) is 19.4. The van der Waals surface area contributed by atoms with Crippen LogP contribution in [0.5, 0.6) is 11.5 Å². The molecular formula is C24H29N3O3S. The quantitative estimate of drug-likeness (QED) is 0.455. The van der Waals surface area contributed by atoms with Gasteiger partial charge in [-0.2, -0.15) is 0 Å². The maximum absolute atomic E-state index is 12.7. The minimum absolute atomic E-state index is 0.193. The third-order valence-electron chi connectivity index (χ3n) is 4.86. The maximum Gasteiger partial charge on any atom is 0.255 e. The Balaban J connectivity index is 1.56. The van der Waals surface area contributed by atoms with E-state index < -0.39 is 0 Å². The van der Waals surface area contributed by atoms with Crippen molar-refractivity contribution in [2.24, 2.45) is 0 Å². The lowest BCUT2D eigenvalue weighted by Gasteiger charge is -2.19. The highest BCUT2D eigenvalue weighted by atomic mass is 32.1. The molecule has 1 aromatic heterocycles. The molecule has 1 amide bonds. The van der Waals surface area contributed by atoms with E-state index in [4.69, 9.17) is 9.47 Å². The number of likely N-dealkylation sites (N-methyl/N-ethyl adjacent to an activating group) is 1. The number of aryl methyl sites for hydroxylation is 1. The molecule has 1 heterocycles. The molecular weight excluding hydrogens is 410 g/mol. The summed E-state index contributed by atoms with van der Waals surface area (Å²) < 4.78 is 11.7. The van der Waals surface area contributed by atoms with E-state index in [0.717, 1.165) is 30.3 Å². The standard InChI is InChI=1S/C24H29N3O3S/c1-4-27(5-2)14-15-29-23-9-7-6-8-22(23)26-24(28)19-10-12-21(13-11-19)30-16-20-17-31-18(3)25-20/h6-13,17H,4-5,14-16H2,1-3H3,(H,26,28). The fourth-order valence-corrected chi connectivity index (χ4v) is 3.65. The second kappa shape index (κ2) is 11.5. The van der Waals surface area contributed by atoms with Crippen LogP contribution in [0.3, 0.4) is 0 Å². The number of para-hydroxylation sites is 2. The number of hydrogen-bond donors (Lipinski definition) is 1. The Bertz CT molecular complexity index is 968. The fraction of sp³-hybridized carbons (Fsp3) is 0.333. The number of nitrogens with one attached hydrogen (secondary N) is 1. The first-order valence-electron chi connectivity index (χ1n) is 10.5. The molecule has 164 valence electrons. The molecule has 2 aromatic carbocycles. The average molecular weight is 440 g/mol. The van der Waals surface area contributed by atoms with Crippen LogP contribution in [0.1, 0.15) is 34.9 Å². The average Bonchev–Trinajstić information content (AvgIpc) is 3.22. The van der Waals surface area contributed by atoms with Gasteiger partial charge in [0.2, 0.25) is 0 Å². The van der Waals surface area contributed by atoms with Crippen LogP contribution in [-0.4, -0.2) is 42.0 Å². The van der Waals surface area contributed by atoms with E-state index in [1.165, 1.54) is 0 Å². The van der Waals surface area contributed by atoms with Crippen LogP contribution < -0.4 is 14.8 Å². The topological polar surface area (TPSA) is 63.7 Å². The smallest absolute Gasteiger partial charge is 0.255 e. The highest BCUT2D eigenvalue weighted by Gasteiger charge is 2.11. The first-order chi connectivity index (χ1) is 15.1. The zero-order valence-electron chi connectivity index (χ0n) is 18.3. The molecule has 0 aliphatic heterocycles. The molecule has 6 nitrogen and oxygen atoms in total. The Morgan fingerprint density at radius 1 is 1.06 bits per heavy atom. The van der Waals surface area contributed by atoms with Crippen molar-refractivity contribution in [2.45, 2.75) is 27.4 Å². The number of carbonyl (C=O) groups is 1. The molecule has 0 atom stereocenters. The summed E-state index contributed by atoms with van der Waals surface area (Å²) in [6, 6.07) is 14.6. The van der Waals surface area contributed by atoms with Crippen molar-refractivity contribution >= 4 is 22.9 Å². The molecule has 0 aliphatic rings. The van der Waals surface area contributed by atoms with E-state index >= 15 is 0 Å². The molecule has 3 rings (SSSR count). The second-order valence-electron chi connectivity index (χ2n) is 7.00. The SMILES string of the molecule is CCN(CC)CCOc1ccccc1NC(=O)c1ccc(OCc2csc(C)n2)cc1. The van der Waals surface area contributed by atoms with Gasteiger partial charge >= 0.3 is 0 Å². The number of rotatable bonds is 11. The van der Waals surface area contributed by atoms with Gasteiger partial charge in [-0.1, -0.05) is 26.0 Å². The molecule has 0 saturated heterocycles. The molecule has 1 N–H and O–H groups in total. The number of hydrogen-bond acceptors (Lipinski definition) is 6. The maximum atomic E-state index is 12.7. The van der Waals surface area contributed by atoms with Crippen LogP contribution in [-0.2, 0) is 6.61 Å². The predicted octanol–water partition coefficient (Wildman–Crippen LogP) is 5.00. The van der Waals surface area contributed by atoms with Gasteiger partial charge < -0.3 is 19.7 Å². The summed E-state index contributed by atoms with van der Waals surface area (Å²) in [5, 5.41) is 5.95. The van der Waals surface area contributed by atoms with Crippen molar-refractivity contribution in [2.75, 3.05) is 31.6 Å². The third kappa shape index (κ3) is 6.80. The molecule has 0 bridgehead atoms. The Labute approximate surface area is 187 Å². The van der Waals surface area contributed by atoms with E-state index in [2.05, 4.69) is 29.0 Å². The zero-order valence-corrected chi connectivity index (χ0v) is 19.1. The van der Waals surface area contributed by atoms with E-state index in [9.17, 15) is 4.79 Å². The van der Waals surface area contributed by atoms with Gasteiger partial charge in [-0.25, -0.2) is 4.98 Å². The number of anilines is 1. The van der Waals surface area contributed by atoms with Crippen molar-refractivity contribution in [3.05, 3.63) is 70.2 Å². The van der Waals surface area contributed by atoms with Gasteiger partial charge in [0.25, 0.3) is 5.91 Å². The van der Waals surface area contributed by atoms with Crippen molar-refractivity contribution in [3.63, 3.8) is 0 Å². The van der Waals surface area contributed by atoms with Crippen LogP contribution in [0.15, 0.2) is 53.9 Å². The molecule has 0 aliphatic carbocycles. The van der Waals surface area contributed by atoms with E-state index in [1.54, 1.807) is 35.6 Å². The van der Waals surface area contributed by atoms with Crippen LogP contribution in [0, 0.1) is 6.92 Å². The van der Waals surface area contributed by atoms with Gasteiger partial charge in [-0.15, -0.1) is 11.3 Å². The first kappa shape index (κ1) is 22.8. The summed E-state index contributed by atoms with van der Waals surface area (Å²) in [7, 11) is 0. The minimum atomic E-state index is -0.193. The number of aromatic nitrogens is 1. The van der Waals surface area contributed by atoms with Gasteiger partial charge in [-0.3, -0.25) is 4.79 Å². The summed E-state index contributed by atoms with van der Waals surface area (Å²) >= 11 is 1.60. The van der Waals surface area contributed by atoms with Gasteiger partial charge in [0.15, 0.2) is 0 Å². The molecule has 0 fully saturated rings. The normalized spacial score (nSPS) is 10.8. The summed E-state index contributed by atoms with van der Waals surface area (Å²) in [6.45, 7) is 10.0. The molecule has 0 spiro atoms. The Kier molecular flexibility index (Phi) is 8.44. The number of thiazole rings is 1. The van der Waals surface area contributed by atoms with Gasteiger partial charge in [-0.05, 0) is 56.4 Å². The molecule has 7 heteroatoms. The van der Waals surface area contributed by atoms with Crippen molar-refractivity contribution in [1.29, 1.82) is 0 Å². The van der Waals surface area contributed by atoms with E-state index in [1.807, 2.05) is 36.6 Å². The van der Waals surface area contributed by atoms with Crippen LogP contribution in [0.2, 0.25) is 0 Å². The molecule has 31 heavy (non-hydrogen) atoms. The Hall–Kier alpha value is -2.90. The minimum Gasteiger partial charge on any atom is -0.490 e. The summed E-state index contributed by atoms with van der Waals surface area (Å²) in [5.74, 6) is 1.17. The van der Waals surface area contributed by atoms with Gasteiger partial charge in [0.05, 0.1) is 16.4 Å². The van der Waals surface area contributed by atoms with E-state index in [-0.39, 0.29) is 5.91 Å². The number of carbonyl (C=O) groups excluding carboxylic acids is 1. The molecule has 0 radical (unpaired) electrons. The van der Waals surface area contributed by atoms with Crippen LogP contribution in [0.25, 0.3) is 0 Å². The Morgan fingerprint density at radius 2 is 1.81 bits per heavy atom. The predicted molar refractivity (Wildman–Crippen MR) is 125 cm³/mol. The number of amides is 1. The summed E-state index contributed by atoms with van der Waals surface area (Å²) in [5.41, 5.74) is 2.11. The number of ether oxygens (including phenoxy) is 2. The number of benzene rings is 2. The highest BCUT2D eigenvalue weighted by Crippen LogP contribution is 2.25. The lowest BCUT2D eigenvalue weighted by atomic mass is 10.2. The lowest BCUT2D eigenvalue weighted by Crippen LogP contribution is -2.28. The van der Waals surface area contributed by atoms with Crippen molar-refractivity contribution in [1.82, 2.24) is 9.88 Å². The molecule has 3 aromatic rings. The molecule has 0 saturated carbocycles. The zero-order chi connectivity index (χ0) is 22.1. The van der Waals surface area contributed by atoms with Crippen LogP contribution in [0.4, 0.5) is 5.69 Å². The van der Waals surface area contributed by atoms with Gasteiger partial charge in [0.1, 0.15) is 24.7 Å². The first-order valence-corrected chi connectivity index (χ1v) is 11.4.